The van der Waals surface area contributed by atoms with Crippen LogP contribution in [0.15, 0.2) is 18.2 Å². The third-order valence-corrected chi connectivity index (χ3v) is 3.15. The zero-order chi connectivity index (χ0) is 15.0. The first-order valence-corrected chi connectivity index (χ1v) is 7.23. The molecule has 0 aliphatic carbocycles. The Morgan fingerprint density at radius 2 is 1.80 bits per heavy atom. The average molecular weight is 281 g/mol. The first kappa shape index (κ1) is 17.0. The Labute approximate surface area is 122 Å². The van der Waals surface area contributed by atoms with Crippen LogP contribution in [0.5, 0.6) is 5.75 Å². The molecule has 1 atom stereocenters. The van der Waals surface area contributed by atoms with Crippen molar-refractivity contribution in [3.63, 3.8) is 0 Å². The number of methoxy groups -OCH3 is 1. The molecule has 20 heavy (non-hydrogen) atoms. The van der Waals surface area contributed by atoms with Gasteiger partial charge >= 0.3 is 0 Å². The van der Waals surface area contributed by atoms with E-state index in [4.69, 9.17) is 14.2 Å². The predicted octanol–water partition coefficient (Wildman–Crippen LogP) is 3.05. The van der Waals surface area contributed by atoms with Crippen LogP contribution in [-0.4, -0.2) is 33.2 Å². The first-order valence-electron chi connectivity index (χ1n) is 7.23. The molecule has 1 unspecified atom stereocenters. The third kappa shape index (κ3) is 5.12. The second-order valence-electron chi connectivity index (χ2n) is 4.72. The van der Waals surface area contributed by atoms with Gasteiger partial charge in [-0.3, -0.25) is 0 Å². The largest absolute Gasteiger partial charge is 0.496 e. The molecule has 4 nitrogen and oxygen atoms in total. The highest BCUT2D eigenvalue weighted by Gasteiger charge is 2.14. The van der Waals surface area contributed by atoms with Crippen LogP contribution >= 0.6 is 0 Å². The topological polar surface area (TPSA) is 39.7 Å². The summed E-state index contributed by atoms with van der Waals surface area (Å²) in [4.78, 5) is 0. The Morgan fingerprint density at radius 1 is 1.15 bits per heavy atom. The zero-order valence-corrected chi connectivity index (χ0v) is 13.2. The molecule has 1 N–H and O–H groups in total. The van der Waals surface area contributed by atoms with E-state index in [1.54, 1.807) is 7.11 Å². The van der Waals surface area contributed by atoms with Crippen LogP contribution in [0.25, 0.3) is 0 Å². The molecular weight excluding hydrogens is 254 g/mol. The number of hydrogen-bond donors (Lipinski definition) is 1. The number of rotatable bonds is 9. The lowest BCUT2D eigenvalue weighted by atomic mass is 10.0. The molecule has 0 saturated heterocycles. The molecule has 0 saturated carbocycles. The summed E-state index contributed by atoms with van der Waals surface area (Å²) in [5.74, 6) is 0.911. The van der Waals surface area contributed by atoms with E-state index in [0.717, 1.165) is 11.3 Å². The van der Waals surface area contributed by atoms with Crippen molar-refractivity contribution in [2.75, 3.05) is 26.9 Å². The lowest BCUT2D eigenvalue weighted by Gasteiger charge is -2.22. The fourth-order valence-corrected chi connectivity index (χ4v) is 2.10. The van der Waals surface area contributed by atoms with E-state index in [-0.39, 0.29) is 12.3 Å². The first-order chi connectivity index (χ1) is 9.62. The average Bonchev–Trinajstić information content (AvgIpc) is 2.44. The smallest absolute Gasteiger partial charge is 0.169 e. The van der Waals surface area contributed by atoms with Gasteiger partial charge in [0.15, 0.2) is 6.29 Å². The van der Waals surface area contributed by atoms with E-state index in [2.05, 4.69) is 37.4 Å². The van der Waals surface area contributed by atoms with Gasteiger partial charge in [-0.05, 0) is 39.3 Å². The molecule has 0 aromatic heterocycles. The van der Waals surface area contributed by atoms with Crippen molar-refractivity contribution in [1.82, 2.24) is 5.32 Å². The maximum absolute atomic E-state index is 5.53. The lowest BCUT2D eigenvalue weighted by molar-refractivity contribution is -0.133. The molecule has 1 aromatic carbocycles. The summed E-state index contributed by atoms with van der Waals surface area (Å²) in [5.41, 5.74) is 2.34. The maximum Gasteiger partial charge on any atom is 0.169 e. The molecule has 1 aromatic rings. The van der Waals surface area contributed by atoms with E-state index in [1.807, 2.05) is 13.8 Å². The number of ether oxygens (including phenoxy) is 3. The van der Waals surface area contributed by atoms with Gasteiger partial charge in [-0.1, -0.05) is 12.1 Å². The van der Waals surface area contributed by atoms with Crippen LogP contribution in [-0.2, 0) is 9.47 Å². The molecule has 0 bridgehead atoms. The SMILES string of the molecule is CCOC(CNC(C)c1ccc(C)cc1OC)OCC. The summed E-state index contributed by atoms with van der Waals surface area (Å²) in [5, 5.41) is 3.43. The molecule has 0 aliphatic heterocycles. The van der Waals surface area contributed by atoms with E-state index >= 15 is 0 Å². The number of hydrogen-bond acceptors (Lipinski definition) is 4. The molecule has 0 amide bonds. The van der Waals surface area contributed by atoms with Crippen molar-refractivity contribution in [2.24, 2.45) is 0 Å². The highest BCUT2D eigenvalue weighted by molar-refractivity contribution is 5.38. The minimum Gasteiger partial charge on any atom is -0.496 e. The summed E-state index contributed by atoms with van der Waals surface area (Å²) in [6, 6.07) is 6.42. The van der Waals surface area contributed by atoms with E-state index in [0.29, 0.717) is 19.8 Å². The molecule has 0 radical (unpaired) electrons. The predicted molar refractivity (Wildman–Crippen MR) is 81.2 cm³/mol. The Kier molecular flexibility index (Phi) is 7.59. The summed E-state index contributed by atoms with van der Waals surface area (Å²) in [7, 11) is 1.70. The summed E-state index contributed by atoms with van der Waals surface area (Å²) in [6.07, 6.45) is -0.205. The second-order valence-corrected chi connectivity index (χ2v) is 4.72. The number of benzene rings is 1. The molecule has 0 spiro atoms. The molecule has 114 valence electrons. The van der Waals surface area contributed by atoms with Crippen LogP contribution < -0.4 is 10.1 Å². The molecule has 0 fully saturated rings. The van der Waals surface area contributed by atoms with Crippen LogP contribution in [0.1, 0.15) is 37.9 Å². The fraction of sp³-hybridized carbons (Fsp3) is 0.625. The van der Waals surface area contributed by atoms with Gasteiger partial charge in [0.2, 0.25) is 0 Å². The van der Waals surface area contributed by atoms with Crippen LogP contribution in [0.3, 0.4) is 0 Å². The highest BCUT2D eigenvalue weighted by atomic mass is 16.7. The number of nitrogens with one attached hydrogen (secondary N) is 1. The van der Waals surface area contributed by atoms with Gasteiger partial charge in [0.05, 0.1) is 7.11 Å². The van der Waals surface area contributed by atoms with Crippen LogP contribution in [0.4, 0.5) is 0 Å². The maximum atomic E-state index is 5.53. The van der Waals surface area contributed by atoms with Gasteiger partial charge in [-0.2, -0.15) is 0 Å². The fourth-order valence-electron chi connectivity index (χ4n) is 2.10. The van der Waals surface area contributed by atoms with E-state index < -0.39 is 0 Å². The van der Waals surface area contributed by atoms with Gasteiger partial charge in [0.25, 0.3) is 0 Å². The monoisotopic (exact) mass is 281 g/mol. The summed E-state index contributed by atoms with van der Waals surface area (Å²) in [6.45, 7) is 10.1. The van der Waals surface area contributed by atoms with E-state index in [9.17, 15) is 0 Å². The van der Waals surface area contributed by atoms with Crippen molar-refractivity contribution in [1.29, 1.82) is 0 Å². The van der Waals surface area contributed by atoms with Crippen molar-refractivity contribution >= 4 is 0 Å². The summed E-state index contributed by atoms with van der Waals surface area (Å²) < 4.78 is 16.5. The van der Waals surface area contributed by atoms with Gasteiger partial charge in [-0.25, -0.2) is 0 Å². The number of aryl methyl sites for hydroxylation is 1. The second kappa shape index (κ2) is 8.95. The van der Waals surface area contributed by atoms with Gasteiger partial charge < -0.3 is 19.5 Å². The zero-order valence-electron chi connectivity index (χ0n) is 13.2. The van der Waals surface area contributed by atoms with Crippen molar-refractivity contribution < 1.29 is 14.2 Å². The van der Waals surface area contributed by atoms with Gasteiger partial charge in [0, 0.05) is 31.4 Å². The third-order valence-electron chi connectivity index (χ3n) is 3.15. The minimum absolute atomic E-state index is 0.175. The molecule has 4 heteroatoms. The summed E-state index contributed by atoms with van der Waals surface area (Å²) >= 11 is 0. The highest BCUT2D eigenvalue weighted by Crippen LogP contribution is 2.26. The minimum atomic E-state index is -0.205. The molecule has 0 heterocycles. The standard InChI is InChI=1S/C16H27NO3/c1-6-19-16(20-7-2)11-17-13(4)14-9-8-12(3)10-15(14)18-5/h8-10,13,16-17H,6-7,11H2,1-5H3. The Balaban J connectivity index is 2.63. The van der Waals surface area contributed by atoms with Crippen molar-refractivity contribution in [3.8, 4) is 5.75 Å². The molecule has 0 aliphatic rings. The van der Waals surface area contributed by atoms with E-state index in [1.165, 1.54) is 5.56 Å². The van der Waals surface area contributed by atoms with Crippen molar-refractivity contribution in [3.05, 3.63) is 29.3 Å². The lowest BCUT2D eigenvalue weighted by Crippen LogP contribution is -2.33. The quantitative estimate of drug-likeness (QED) is 0.706. The molecule has 1 rings (SSSR count). The Bertz CT molecular complexity index is 389. The van der Waals surface area contributed by atoms with Gasteiger partial charge in [0.1, 0.15) is 5.75 Å². The van der Waals surface area contributed by atoms with Crippen LogP contribution in [0, 0.1) is 6.92 Å². The molecular formula is C16H27NO3. The van der Waals surface area contributed by atoms with Crippen LogP contribution in [0.2, 0.25) is 0 Å². The van der Waals surface area contributed by atoms with Gasteiger partial charge in [-0.15, -0.1) is 0 Å². The Hall–Kier alpha value is -1.10. The normalized spacial score (nSPS) is 12.7. The Morgan fingerprint density at radius 3 is 2.35 bits per heavy atom. The van der Waals surface area contributed by atoms with Crippen molar-refractivity contribution in [2.45, 2.75) is 40.0 Å².